The number of piperidine rings is 1. The van der Waals surface area contributed by atoms with E-state index in [-0.39, 0.29) is 66.8 Å². The number of para-hydroxylation sites is 2. The van der Waals surface area contributed by atoms with Crippen molar-refractivity contribution in [2.75, 3.05) is 26.8 Å². The summed E-state index contributed by atoms with van der Waals surface area (Å²) in [6.07, 6.45) is -0.0860. The number of carbonyl (C=O) groups excluding carboxylic acids is 3. The Hall–Kier alpha value is -5.46. The Labute approximate surface area is 262 Å². The molecule has 3 amide bonds. The first kappa shape index (κ1) is 30.6. The lowest BCUT2D eigenvalue weighted by Crippen LogP contribution is -2.58. The first-order valence-corrected chi connectivity index (χ1v) is 14.9. The summed E-state index contributed by atoms with van der Waals surface area (Å²) in [5.74, 6) is -0.934. The van der Waals surface area contributed by atoms with Crippen molar-refractivity contribution in [1.29, 1.82) is 0 Å². The number of amides is 3. The molecular formula is C33H32FN5O7. The predicted octanol–water partition coefficient (Wildman–Crippen LogP) is 2.49. The molecule has 13 heteroatoms. The third-order valence-corrected chi connectivity index (χ3v) is 7.96. The minimum absolute atomic E-state index is 0.0372. The van der Waals surface area contributed by atoms with Crippen molar-refractivity contribution in [3.05, 3.63) is 93.7 Å². The van der Waals surface area contributed by atoms with Crippen LogP contribution in [0.2, 0.25) is 0 Å². The monoisotopic (exact) mass is 629 g/mol. The number of carbonyl (C=O) groups is 3. The van der Waals surface area contributed by atoms with Crippen LogP contribution in [-0.2, 0) is 22.6 Å². The van der Waals surface area contributed by atoms with Crippen LogP contribution in [0.15, 0.2) is 65.5 Å². The van der Waals surface area contributed by atoms with Gasteiger partial charge in [-0.3, -0.25) is 19.2 Å². The maximum atomic E-state index is 14.6. The minimum atomic E-state index is -0.668. The molecule has 0 aliphatic carbocycles. The number of hydrogen-bond donors (Lipinski definition) is 3. The molecule has 1 saturated heterocycles. The number of fused-ring (bicyclic) bond motifs is 6. The zero-order valence-electron chi connectivity index (χ0n) is 25.0. The topological polar surface area (TPSA) is 152 Å². The van der Waals surface area contributed by atoms with Gasteiger partial charge < -0.3 is 34.7 Å². The van der Waals surface area contributed by atoms with Crippen LogP contribution < -0.4 is 30.4 Å². The smallest absolute Gasteiger partial charge is 0.270 e. The number of likely N-dealkylation sites (tertiary alicyclic amines) is 1. The number of hydrogen-bond acceptors (Lipinski definition) is 8. The lowest BCUT2D eigenvalue weighted by Gasteiger charge is -2.39. The molecule has 0 unspecified atom stereocenters. The molecule has 1 fully saturated rings. The fourth-order valence-corrected chi connectivity index (χ4v) is 5.60. The number of ether oxygens (including phenoxy) is 3. The normalized spacial score (nSPS) is 18.4. The van der Waals surface area contributed by atoms with Crippen LogP contribution in [0.4, 0.5) is 4.39 Å². The van der Waals surface area contributed by atoms with Crippen LogP contribution >= 0.6 is 0 Å². The first-order valence-electron chi connectivity index (χ1n) is 14.9. The molecule has 3 N–H and O–H groups in total. The Bertz CT molecular complexity index is 1860. The van der Waals surface area contributed by atoms with Gasteiger partial charge >= 0.3 is 0 Å². The number of rotatable bonds is 4. The van der Waals surface area contributed by atoms with Gasteiger partial charge in [0.05, 0.1) is 24.2 Å². The molecule has 3 aromatic carbocycles. The number of aromatic amines is 1. The number of benzene rings is 3. The van der Waals surface area contributed by atoms with Gasteiger partial charge in [-0.2, -0.15) is 0 Å². The molecule has 1 aromatic heterocycles. The number of aryl methyl sites for hydroxylation is 1. The maximum absolute atomic E-state index is 14.6. The molecule has 2 atom stereocenters. The van der Waals surface area contributed by atoms with Crippen molar-refractivity contribution in [1.82, 2.24) is 25.5 Å². The molecule has 238 valence electrons. The lowest BCUT2D eigenvalue weighted by molar-refractivity contribution is -0.133. The van der Waals surface area contributed by atoms with E-state index in [2.05, 4.69) is 20.6 Å². The molecule has 12 nitrogen and oxygen atoms in total. The van der Waals surface area contributed by atoms with Crippen molar-refractivity contribution in [2.24, 2.45) is 0 Å². The van der Waals surface area contributed by atoms with Gasteiger partial charge in [-0.15, -0.1) is 0 Å². The molecule has 2 aliphatic rings. The third kappa shape index (κ3) is 6.93. The van der Waals surface area contributed by atoms with Crippen molar-refractivity contribution in [3.63, 3.8) is 0 Å². The van der Waals surface area contributed by atoms with E-state index in [1.165, 1.54) is 25.3 Å². The van der Waals surface area contributed by atoms with Crippen LogP contribution in [-0.4, -0.2) is 71.5 Å². The largest absolute Gasteiger partial charge is 0.493 e. The maximum Gasteiger partial charge on any atom is 0.270 e. The average Bonchev–Trinajstić information content (AvgIpc) is 3.05. The summed E-state index contributed by atoms with van der Waals surface area (Å²) in [7, 11) is 1.44. The van der Waals surface area contributed by atoms with E-state index in [1.807, 2.05) is 6.07 Å². The van der Waals surface area contributed by atoms with Gasteiger partial charge in [0.25, 0.3) is 17.4 Å². The SMILES string of the molecule is COc1ccc2cc1OCC(=O)NCc1cc(F)cc(c1)O[C@@H]1CCN(C(=O)CCc3nc4ccccc4[nH]c3=O)C[C@@H]1NC2=O. The first-order chi connectivity index (χ1) is 22.2. The zero-order chi connectivity index (χ0) is 32.2. The number of aromatic nitrogens is 2. The highest BCUT2D eigenvalue weighted by Crippen LogP contribution is 2.29. The third-order valence-electron chi connectivity index (χ3n) is 7.96. The van der Waals surface area contributed by atoms with Gasteiger partial charge in [0.1, 0.15) is 23.4 Å². The van der Waals surface area contributed by atoms with Crippen LogP contribution in [0.3, 0.4) is 0 Å². The summed E-state index contributed by atoms with van der Waals surface area (Å²) in [5, 5.41) is 5.66. The quantitative estimate of drug-likeness (QED) is 0.312. The van der Waals surface area contributed by atoms with Gasteiger partial charge in [0.15, 0.2) is 18.1 Å². The van der Waals surface area contributed by atoms with Crippen LogP contribution in [0.1, 0.15) is 34.5 Å². The van der Waals surface area contributed by atoms with E-state index in [0.717, 1.165) is 0 Å². The minimum Gasteiger partial charge on any atom is -0.493 e. The predicted molar refractivity (Wildman–Crippen MR) is 164 cm³/mol. The van der Waals surface area contributed by atoms with Crippen LogP contribution in [0, 0.1) is 5.82 Å². The second kappa shape index (κ2) is 13.3. The molecule has 2 aliphatic heterocycles. The van der Waals surface area contributed by atoms with Gasteiger partial charge in [0, 0.05) is 50.5 Å². The summed E-state index contributed by atoms with van der Waals surface area (Å²) in [5.41, 5.74) is 1.87. The highest BCUT2D eigenvalue weighted by atomic mass is 19.1. The average molecular weight is 630 g/mol. The van der Waals surface area contributed by atoms with Crippen molar-refractivity contribution in [3.8, 4) is 17.2 Å². The fourth-order valence-electron chi connectivity index (χ4n) is 5.60. The second-order valence-electron chi connectivity index (χ2n) is 11.1. The Balaban J connectivity index is 1.24. The van der Waals surface area contributed by atoms with Crippen LogP contribution in [0.5, 0.6) is 17.2 Å². The fraction of sp³-hybridized carbons (Fsp3) is 0.303. The molecule has 6 rings (SSSR count). The Kier molecular flexibility index (Phi) is 8.81. The highest BCUT2D eigenvalue weighted by molar-refractivity contribution is 5.95. The van der Waals surface area contributed by atoms with E-state index < -0.39 is 29.8 Å². The van der Waals surface area contributed by atoms with Gasteiger partial charge in [-0.25, -0.2) is 9.37 Å². The number of nitrogens with one attached hydrogen (secondary N) is 3. The molecule has 0 radical (unpaired) electrons. The van der Waals surface area contributed by atoms with Crippen LogP contribution in [0.25, 0.3) is 11.0 Å². The number of halogens is 1. The molecule has 0 spiro atoms. The summed E-state index contributed by atoms with van der Waals surface area (Å²) in [4.78, 5) is 60.8. The van der Waals surface area contributed by atoms with E-state index in [4.69, 9.17) is 14.2 Å². The lowest BCUT2D eigenvalue weighted by atomic mass is 10.00. The van der Waals surface area contributed by atoms with Gasteiger partial charge in [-0.1, -0.05) is 12.1 Å². The van der Waals surface area contributed by atoms with E-state index in [1.54, 1.807) is 41.3 Å². The molecule has 4 bridgehead atoms. The summed E-state index contributed by atoms with van der Waals surface area (Å²) < 4.78 is 31.8. The molecule has 3 heterocycles. The summed E-state index contributed by atoms with van der Waals surface area (Å²) in [6, 6.07) is 15.2. The second-order valence-corrected chi connectivity index (χ2v) is 11.1. The Morgan fingerprint density at radius 1 is 1.11 bits per heavy atom. The molecule has 0 saturated carbocycles. The molecular weight excluding hydrogens is 597 g/mol. The van der Waals surface area contributed by atoms with Crippen molar-refractivity contribution in [2.45, 2.75) is 38.0 Å². The van der Waals surface area contributed by atoms with E-state index in [9.17, 15) is 23.6 Å². The van der Waals surface area contributed by atoms with Gasteiger partial charge in [0.2, 0.25) is 5.91 Å². The Morgan fingerprint density at radius 3 is 2.80 bits per heavy atom. The molecule has 4 aromatic rings. The zero-order valence-corrected chi connectivity index (χ0v) is 25.0. The Morgan fingerprint density at radius 2 is 1.96 bits per heavy atom. The summed E-state index contributed by atoms with van der Waals surface area (Å²) in [6.45, 7) is 0.114. The van der Waals surface area contributed by atoms with Crippen molar-refractivity contribution >= 4 is 28.8 Å². The number of methoxy groups -OCH3 is 1. The standard InChI is InChI=1S/C33H32FN5O7/c1-44-28-8-6-20-14-29(28)45-18-30(40)35-16-19-12-21(34)15-22(13-19)46-27-10-11-39(17-26(27)38-32(20)42)31(41)9-7-25-33(43)37-24-5-3-2-4-23(24)36-25/h2-6,8,12-15,26-27H,7,9-11,16-18H2,1H3,(H,35,40)(H,37,43)(H,38,42)/t26-,27+/m0/s1. The van der Waals surface area contributed by atoms with E-state index in [0.29, 0.717) is 35.3 Å². The number of nitrogens with zero attached hydrogens (tertiary/aromatic N) is 2. The summed E-state index contributed by atoms with van der Waals surface area (Å²) >= 11 is 0. The van der Waals surface area contributed by atoms with Crippen molar-refractivity contribution < 1.29 is 33.0 Å². The number of H-pyrrole nitrogens is 1. The van der Waals surface area contributed by atoms with E-state index >= 15 is 0 Å². The molecule has 46 heavy (non-hydrogen) atoms. The van der Waals surface area contributed by atoms with Gasteiger partial charge in [-0.05, 0) is 48.0 Å². The highest BCUT2D eigenvalue weighted by Gasteiger charge is 2.34.